The van der Waals surface area contributed by atoms with Crippen molar-refractivity contribution < 1.29 is 0 Å². The minimum atomic E-state index is 0.513. The molecule has 94 valence electrons. The lowest BCUT2D eigenvalue weighted by atomic mass is 9.99. The average Bonchev–Trinajstić information content (AvgIpc) is 2.31. The van der Waals surface area contributed by atoms with Gasteiger partial charge in [0.25, 0.3) is 0 Å². The summed E-state index contributed by atoms with van der Waals surface area (Å²) in [6.07, 6.45) is 6.44. The summed E-state index contributed by atoms with van der Waals surface area (Å²) in [5.74, 6) is 0.993. The molecule has 0 amide bonds. The number of halogens is 2. The summed E-state index contributed by atoms with van der Waals surface area (Å²) in [5, 5.41) is 0.660. The molecule has 0 saturated carbocycles. The Hall–Kier alpha value is -0.320. The summed E-state index contributed by atoms with van der Waals surface area (Å²) < 4.78 is 0.967. The number of piperidine rings is 1. The Kier molecular flexibility index (Phi) is 4.65. The summed E-state index contributed by atoms with van der Waals surface area (Å²) in [6.45, 7) is 1.78. The first kappa shape index (κ1) is 13.1. The van der Waals surface area contributed by atoms with Crippen molar-refractivity contribution >= 4 is 33.3 Å². The van der Waals surface area contributed by atoms with E-state index >= 15 is 0 Å². The molecule has 0 bridgehead atoms. The average molecular weight is 319 g/mol. The van der Waals surface area contributed by atoms with Crippen molar-refractivity contribution in [2.24, 2.45) is 5.73 Å². The Morgan fingerprint density at radius 3 is 3.06 bits per heavy atom. The molecule has 0 spiro atoms. The highest BCUT2D eigenvalue weighted by Gasteiger charge is 2.24. The molecule has 1 atom stereocenters. The molecule has 1 aliphatic rings. The lowest BCUT2D eigenvalue weighted by molar-refractivity contribution is 0.438. The summed E-state index contributed by atoms with van der Waals surface area (Å²) in [7, 11) is 0. The molecular formula is C12H17BrClN3. The Morgan fingerprint density at radius 2 is 2.35 bits per heavy atom. The first-order valence-corrected chi connectivity index (χ1v) is 7.17. The normalized spacial score (nSPS) is 20.6. The number of rotatable bonds is 3. The van der Waals surface area contributed by atoms with Crippen LogP contribution in [-0.4, -0.2) is 24.1 Å². The van der Waals surface area contributed by atoms with E-state index in [1.165, 1.54) is 19.3 Å². The highest BCUT2D eigenvalue weighted by Crippen LogP contribution is 2.31. The van der Waals surface area contributed by atoms with E-state index < -0.39 is 0 Å². The molecule has 2 heterocycles. The first-order chi connectivity index (χ1) is 8.22. The second-order valence-electron chi connectivity index (χ2n) is 4.38. The fraction of sp³-hybridized carbons (Fsp3) is 0.583. The van der Waals surface area contributed by atoms with Gasteiger partial charge in [0.15, 0.2) is 0 Å². The third kappa shape index (κ3) is 3.12. The Labute approximate surface area is 115 Å². The van der Waals surface area contributed by atoms with Crippen molar-refractivity contribution in [1.29, 1.82) is 0 Å². The van der Waals surface area contributed by atoms with Crippen LogP contribution in [0.2, 0.25) is 5.02 Å². The second-order valence-corrected chi connectivity index (χ2v) is 5.67. The molecule has 2 rings (SSSR count). The van der Waals surface area contributed by atoms with Crippen LogP contribution < -0.4 is 10.6 Å². The molecule has 17 heavy (non-hydrogen) atoms. The highest BCUT2D eigenvalue weighted by atomic mass is 79.9. The van der Waals surface area contributed by atoms with Gasteiger partial charge in [-0.2, -0.15) is 0 Å². The number of nitrogens with two attached hydrogens (primary N) is 1. The van der Waals surface area contributed by atoms with Gasteiger partial charge in [-0.15, -0.1) is 0 Å². The van der Waals surface area contributed by atoms with Gasteiger partial charge in [-0.25, -0.2) is 4.98 Å². The Balaban J connectivity index is 2.23. The number of pyridine rings is 1. The molecule has 1 saturated heterocycles. The van der Waals surface area contributed by atoms with Crippen LogP contribution >= 0.6 is 27.5 Å². The van der Waals surface area contributed by atoms with E-state index in [9.17, 15) is 0 Å². The minimum absolute atomic E-state index is 0.513. The second kappa shape index (κ2) is 6.03. The molecule has 1 fully saturated rings. The summed E-state index contributed by atoms with van der Waals surface area (Å²) in [4.78, 5) is 6.80. The lowest BCUT2D eigenvalue weighted by Gasteiger charge is -2.37. The van der Waals surface area contributed by atoms with Gasteiger partial charge in [-0.3, -0.25) is 0 Å². The maximum atomic E-state index is 5.92. The van der Waals surface area contributed by atoms with Crippen molar-refractivity contribution in [3.05, 3.63) is 21.8 Å². The fourth-order valence-corrected chi connectivity index (χ4v) is 3.26. The minimum Gasteiger partial charge on any atom is -0.353 e. The number of aromatic nitrogens is 1. The molecule has 5 heteroatoms. The largest absolute Gasteiger partial charge is 0.353 e. The SMILES string of the molecule is NCCC1CCCCN1c1ncc(Cl)cc1Br. The monoisotopic (exact) mass is 317 g/mol. The van der Waals surface area contributed by atoms with Crippen LogP contribution in [0.3, 0.4) is 0 Å². The Morgan fingerprint density at radius 1 is 1.53 bits per heavy atom. The van der Waals surface area contributed by atoms with E-state index in [-0.39, 0.29) is 0 Å². The zero-order valence-electron chi connectivity index (χ0n) is 9.70. The molecular weight excluding hydrogens is 302 g/mol. The third-order valence-electron chi connectivity index (χ3n) is 3.19. The molecule has 1 aromatic rings. The van der Waals surface area contributed by atoms with Crippen molar-refractivity contribution in [3.8, 4) is 0 Å². The van der Waals surface area contributed by atoms with Gasteiger partial charge in [0.1, 0.15) is 5.82 Å². The van der Waals surface area contributed by atoms with Crippen LogP contribution in [0.1, 0.15) is 25.7 Å². The van der Waals surface area contributed by atoms with Crippen LogP contribution in [0.4, 0.5) is 5.82 Å². The topological polar surface area (TPSA) is 42.1 Å². The predicted molar refractivity (Wildman–Crippen MR) is 75.6 cm³/mol. The number of hydrogen-bond acceptors (Lipinski definition) is 3. The van der Waals surface area contributed by atoms with E-state index in [0.29, 0.717) is 11.1 Å². The molecule has 1 unspecified atom stereocenters. The van der Waals surface area contributed by atoms with Crippen molar-refractivity contribution in [3.63, 3.8) is 0 Å². The van der Waals surface area contributed by atoms with Gasteiger partial charge in [-0.05, 0) is 54.2 Å². The number of nitrogens with zero attached hydrogens (tertiary/aromatic N) is 2. The maximum Gasteiger partial charge on any atom is 0.143 e. The predicted octanol–water partition coefficient (Wildman–Crippen LogP) is 3.21. The van der Waals surface area contributed by atoms with Gasteiger partial charge in [0, 0.05) is 18.8 Å². The molecule has 0 aliphatic carbocycles. The van der Waals surface area contributed by atoms with Crippen LogP contribution in [0, 0.1) is 0 Å². The summed E-state index contributed by atoms with van der Waals surface area (Å²) in [6, 6.07) is 2.41. The van der Waals surface area contributed by atoms with Crippen LogP contribution in [-0.2, 0) is 0 Å². The molecule has 1 aliphatic heterocycles. The molecule has 0 aromatic carbocycles. The van der Waals surface area contributed by atoms with Gasteiger partial charge in [0.2, 0.25) is 0 Å². The Bertz CT molecular complexity index is 384. The van der Waals surface area contributed by atoms with E-state index in [1.807, 2.05) is 6.07 Å². The molecule has 1 aromatic heterocycles. The number of anilines is 1. The van der Waals surface area contributed by atoms with Gasteiger partial charge in [0.05, 0.1) is 9.50 Å². The van der Waals surface area contributed by atoms with Gasteiger partial charge >= 0.3 is 0 Å². The molecule has 3 nitrogen and oxygen atoms in total. The van der Waals surface area contributed by atoms with E-state index in [2.05, 4.69) is 25.8 Å². The van der Waals surface area contributed by atoms with Crippen molar-refractivity contribution in [1.82, 2.24) is 4.98 Å². The maximum absolute atomic E-state index is 5.92. The van der Waals surface area contributed by atoms with E-state index in [1.54, 1.807) is 6.20 Å². The quantitative estimate of drug-likeness (QED) is 0.930. The molecule has 0 radical (unpaired) electrons. The van der Waals surface area contributed by atoms with E-state index in [4.69, 9.17) is 17.3 Å². The van der Waals surface area contributed by atoms with Crippen LogP contribution in [0.15, 0.2) is 16.7 Å². The zero-order valence-corrected chi connectivity index (χ0v) is 12.0. The van der Waals surface area contributed by atoms with Crippen molar-refractivity contribution in [2.45, 2.75) is 31.7 Å². The zero-order chi connectivity index (χ0) is 12.3. The van der Waals surface area contributed by atoms with Crippen LogP contribution in [0.25, 0.3) is 0 Å². The first-order valence-electron chi connectivity index (χ1n) is 6.00. The fourth-order valence-electron chi connectivity index (χ4n) is 2.39. The smallest absolute Gasteiger partial charge is 0.143 e. The summed E-state index contributed by atoms with van der Waals surface area (Å²) >= 11 is 9.46. The van der Waals surface area contributed by atoms with Gasteiger partial charge in [-0.1, -0.05) is 11.6 Å². The standard InChI is InChI=1S/C12H17BrClN3/c13-11-7-9(14)8-16-12(11)17-6-2-1-3-10(17)4-5-15/h7-8,10H,1-6,15H2. The van der Waals surface area contributed by atoms with Gasteiger partial charge < -0.3 is 10.6 Å². The lowest BCUT2D eigenvalue weighted by Crippen LogP contribution is -2.41. The van der Waals surface area contributed by atoms with Crippen molar-refractivity contribution in [2.75, 3.05) is 18.0 Å². The summed E-state index contributed by atoms with van der Waals surface area (Å²) in [5.41, 5.74) is 5.68. The number of hydrogen-bond donors (Lipinski definition) is 1. The van der Waals surface area contributed by atoms with Crippen LogP contribution in [0.5, 0.6) is 0 Å². The third-order valence-corrected chi connectivity index (χ3v) is 3.98. The molecule has 2 N–H and O–H groups in total. The van der Waals surface area contributed by atoms with E-state index in [0.717, 1.165) is 29.8 Å². The highest BCUT2D eigenvalue weighted by molar-refractivity contribution is 9.10.